The highest BCUT2D eigenvalue weighted by Gasteiger charge is 2.24. The van der Waals surface area contributed by atoms with Crippen LogP contribution in [0.5, 0.6) is 0 Å². The third-order valence-electron chi connectivity index (χ3n) is 5.27. The monoisotopic (exact) mass is 385 g/mol. The molecule has 0 saturated carbocycles. The predicted molar refractivity (Wildman–Crippen MR) is 105 cm³/mol. The third-order valence-corrected chi connectivity index (χ3v) is 5.27. The van der Waals surface area contributed by atoms with Gasteiger partial charge in [-0.1, -0.05) is 5.16 Å². The van der Waals surface area contributed by atoms with Gasteiger partial charge in [0.2, 0.25) is 11.9 Å². The maximum Gasteiger partial charge on any atom is 0.274 e. The van der Waals surface area contributed by atoms with E-state index >= 15 is 0 Å². The molecule has 2 aromatic heterocycles. The van der Waals surface area contributed by atoms with Gasteiger partial charge < -0.3 is 19.6 Å². The van der Waals surface area contributed by atoms with Gasteiger partial charge in [0, 0.05) is 39.2 Å². The summed E-state index contributed by atoms with van der Waals surface area (Å²) >= 11 is 0. The molecule has 2 aliphatic rings. The molecule has 9 heteroatoms. The predicted octanol–water partition coefficient (Wildman–Crippen LogP) is 1.72. The average Bonchev–Trinajstić information content (AvgIpc) is 3.17. The van der Waals surface area contributed by atoms with Crippen molar-refractivity contribution < 1.29 is 9.32 Å². The second-order valence-electron chi connectivity index (χ2n) is 7.62. The molecule has 0 aromatic carbocycles. The van der Waals surface area contributed by atoms with Crippen molar-refractivity contribution in [2.45, 2.75) is 51.5 Å². The van der Waals surface area contributed by atoms with E-state index in [0.29, 0.717) is 23.4 Å². The van der Waals surface area contributed by atoms with E-state index in [1.54, 1.807) is 0 Å². The Labute approximate surface area is 164 Å². The minimum Gasteiger partial charge on any atom is -0.360 e. The lowest BCUT2D eigenvalue weighted by atomic mass is 9.96. The van der Waals surface area contributed by atoms with Crippen molar-refractivity contribution in [2.24, 2.45) is 0 Å². The van der Waals surface area contributed by atoms with E-state index < -0.39 is 0 Å². The number of carbonyl (C=O) groups excluding carboxylic acids is 1. The summed E-state index contributed by atoms with van der Waals surface area (Å²) in [5, 5.41) is 6.89. The second-order valence-corrected chi connectivity index (χ2v) is 7.62. The zero-order chi connectivity index (χ0) is 19.5. The van der Waals surface area contributed by atoms with Gasteiger partial charge in [-0.3, -0.25) is 4.79 Å². The van der Waals surface area contributed by atoms with Crippen LogP contribution in [0, 0.1) is 0 Å². The van der Waals surface area contributed by atoms with E-state index in [-0.39, 0.29) is 12.5 Å². The Morgan fingerprint density at radius 3 is 2.64 bits per heavy atom. The standard InChI is InChI=1S/C19H27N7O2/c1-25(2)18-21-15(22-19(23-18)26-10-6-3-7-11-26)12-20-17(27)16-13-8-4-5-9-14(13)28-24-16/h3-12H2,1-2H3,(H,20,27). The van der Waals surface area contributed by atoms with Gasteiger partial charge in [0.1, 0.15) is 5.76 Å². The lowest BCUT2D eigenvalue weighted by Gasteiger charge is -2.27. The average molecular weight is 385 g/mol. The van der Waals surface area contributed by atoms with E-state index in [1.807, 2.05) is 19.0 Å². The van der Waals surface area contributed by atoms with Crippen LogP contribution < -0.4 is 15.1 Å². The lowest BCUT2D eigenvalue weighted by Crippen LogP contribution is -2.33. The Bertz CT molecular complexity index is 843. The number of hydrogen-bond donors (Lipinski definition) is 1. The summed E-state index contributed by atoms with van der Waals surface area (Å²) in [6.45, 7) is 2.13. The lowest BCUT2D eigenvalue weighted by molar-refractivity contribution is 0.0940. The molecule has 0 atom stereocenters. The highest BCUT2D eigenvalue weighted by molar-refractivity contribution is 5.93. The first-order valence-electron chi connectivity index (χ1n) is 10.0. The molecule has 0 spiro atoms. The molecule has 3 heterocycles. The quantitative estimate of drug-likeness (QED) is 0.830. The summed E-state index contributed by atoms with van der Waals surface area (Å²) in [6, 6.07) is 0. The summed E-state index contributed by atoms with van der Waals surface area (Å²) in [4.78, 5) is 30.3. The molecule has 1 aliphatic carbocycles. The van der Waals surface area contributed by atoms with E-state index in [0.717, 1.165) is 62.9 Å². The van der Waals surface area contributed by atoms with Crippen molar-refractivity contribution in [3.63, 3.8) is 0 Å². The van der Waals surface area contributed by atoms with Crippen molar-refractivity contribution in [3.05, 3.63) is 22.8 Å². The maximum absolute atomic E-state index is 12.6. The van der Waals surface area contributed by atoms with Crippen LogP contribution in [-0.2, 0) is 19.4 Å². The molecule has 1 N–H and O–H groups in total. The maximum atomic E-state index is 12.6. The Balaban J connectivity index is 1.50. The van der Waals surface area contributed by atoms with Crippen LogP contribution >= 0.6 is 0 Å². The summed E-state index contributed by atoms with van der Waals surface area (Å²) < 4.78 is 5.34. The molecule has 4 rings (SSSR count). The number of nitrogens with zero attached hydrogens (tertiary/aromatic N) is 6. The minimum atomic E-state index is -0.238. The fourth-order valence-electron chi connectivity index (χ4n) is 3.72. The summed E-state index contributed by atoms with van der Waals surface area (Å²) in [6.07, 6.45) is 7.38. The number of piperidine rings is 1. The highest BCUT2D eigenvalue weighted by atomic mass is 16.5. The van der Waals surface area contributed by atoms with Gasteiger partial charge in [-0.25, -0.2) is 0 Å². The molecule has 1 amide bonds. The molecule has 0 unspecified atom stereocenters. The number of nitrogens with one attached hydrogen (secondary N) is 1. The zero-order valence-electron chi connectivity index (χ0n) is 16.6. The molecular formula is C19H27N7O2. The molecule has 1 fully saturated rings. The number of hydrogen-bond acceptors (Lipinski definition) is 8. The molecule has 28 heavy (non-hydrogen) atoms. The van der Waals surface area contributed by atoms with Gasteiger partial charge >= 0.3 is 0 Å². The molecule has 150 valence electrons. The van der Waals surface area contributed by atoms with Gasteiger partial charge in [0.05, 0.1) is 6.54 Å². The number of carbonyl (C=O) groups is 1. The number of aromatic nitrogens is 4. The number of fused-ring (bicyclic) bond motifs is 1. The Morgan fingerprint density at radius 2 is 1.86 bits per heavy atom. The van der Waals surface area contributed by atoms with E-state index in [4.69, 9.17) is 4.52 Å². The zero-order valence-corrected chi connectivity index (χ0v) is 16.6. The van der Waals surface area contributed by atoms with Crippen LogP contribution in [0.2, 0.25) is 0 Å². The normalized spacial score (nSPS) is 16.6. The van der Waals surface area contributed by atoms with Gasteiger partial charge in [0.25, 0.3) is 5.91 Å². The fourth-order valence-corrected chi connectivity index (χ4v) is 3.72. The van der Waals surface area contributed by atoms with Gasteiger partial charge in [-0.2, -0.15) is 15.0 Å². The molecule has 1 aliphatic heterocycles. The number of rotatable bonds is 5. The third kappa shape index (κ3) is 3.93. The topological polar surface area (TPSA) is 100 Å². The molecule has 0 radical (unpaired) electrons. The molecule has 0 bridgehead atoms. The Morgan fingerprint density at radius 1 is 1.07 bits per heavy atom. The Hall–Kier alpha value is -2.71. The molecule has 9 nitrogen and oxygen atoms in total. The van der Waals surface area contributed by atoms with Crippen LogP contribution in [0.4, 0.5) is 11.9 Å². The van der Waals surface area contributed by atoms with Crippen molar-refractivity contribution >= 4 is 17.8 Å². The van der Waals surface area contributed by atoms with Crippen molar-refractivity contribution in [1.82, 2.24) is 25.4 Å². The first-order chi connectivity index (χ1) is 13.6. The molecule has 1 saturated heterocycles. The van der Waals surface area contributed by atoms with Gasteiger partial charge in [0.15, 0.2) is 11.5 Å². The first-order valence-corrected chi connectivity index (χ1v) is 10.0. The van der Waals surface area contributed by atoms with Crippen LogP contribution in [0.25, 0.3) is 0 Å². The van der Waals surface area contributed by atoms with Crippen molar-refractivity contribution in [1.29, 1.82) is 0 Å². The van der Waals surface area contributed by atoms with Crippen molar-refractivity contribution in [2.75, 3.05) is 37.0 Å². The smallest absolute Gasteiger partial charge is 0.274 e. The van der Waals surface area contributed by atoms with Crippen molar-refractivity contribution in [3.8, 4) is 0 Å². The van der Waals surface area contributed by atoms with E-state index in [2.05, 4.69) is 30.3 Å². The van der Waals surface area contributed by atoms with Gasteiger partial charge in [-0.15, -0.1) is 0 Å². The first kappa shape index (κ1) is 18.6. The van der Waals surface area contributed by atoms with Gasteiger partial charge in [-0.05, 0) is 38.5 Å². The van der Waals surface area contributed by atoms with Crippen LogP contribution in [-0.4, -0.2) is 53.2 Å². The minimum absolute atomic E-state index is 0.227. The van der Waals surface area contributed by atoms with Crippen LogP contribution in [0.3, 0.4) is 0 Å². The number of aryl methyl sites for hydroxylation is 1. The summed E-state index contributed by atoms with van der Waals surface area (Å²) in [5.41, 5.74) is 1.34. The SMILES string of the molecule is CN(C)c1nc(CNC(=O)c2noc3c2CCCC3)nc(N2CCCCC2)n1. The van der Waals surface area contributed by atoms with Crippen LogP contribution in [0.15, 0.2) is 4.52 Å². The Kier molecular flexibility index (Phi) is 5.40. The summed E-state index contributed by atoms with van der Waals surface area (Å²) in [5.74, 6) is 2.43. The van der Waals surface area contributed by atoms with E-state index in [9.17, 15) is 4.79 Å². The summed E-state index contributed by atoms with van der Waals surface area (Å²) in [7, 11) is 3.80. The second kappa shape index (κ2) is 8.12. The number of amides is 1. The molecular weight excluding hydrogens is 358 g/mol. The largest absolute Gasteiger partial charge is 0.360 e. The van der Waals surface area contributed by atoms with Crippen LogP contribution in [0.1, 0.15) is 59.7 Å². The van der Waals surface area contributed by atoms with E-state index in [1.165, 1.54) is 6.42 Å². The fraction of sp³-hybridized carbons (Fsp3) is 0.632. The number of anilines is 2. The molecule has 2 aromatic rings. The highest BCUT2D eigenvalue weighted by Crippen LogP contribution is 2.24.